The van der Waals surface area contributed by atoms with Crippen LogP contribution < -0.4 is 0 Å². The van der Waals surface area contributed by atoms with Gasteiger partial charge in [-0.05, 0) is 73.7 Å². The van der Waals surface area contributed by atoms with Crippen molar-refractivity contribution in [2.45, 2.75) is 138 Å². The van der Waals surface area contributed by atoms with E-state index in [-0.39, 0.29) is 30.3 Å². The van der Waals surface area contributed by atoms with Crippen molar-refractivity contribution < 1.29 is 74.4 Å². The van der Waals surface area contributed by atoms with Crippen molar-refractivity contribution in [3.05, 3.63) is 23.3 Å². The summed E-state index contributed by atoms with van der Waals surface area (Å²) in [4.78, 5) is 11.9. The van der Waals surface area contributed by atoms with Crippen LogP contribution in [0.2, 0.25) is 0 Å². The fourth-order valence-electron chi connectivity index (χ4n) is 10.8. The number of aliphatic hydroxyl groups excluding tert-OH is 8. The van der Waals surface area contributed by atoms with Crippen LogP contribution in [0, 0.1) is 28.6 Å². The Hall–Kier alpha value is -1.57. The molecule has 7 aliphatic rings. The van der Waals surface area contributed by atoms with Crippen LogP contribution in [0.15, 0.2) is 23.3 Å². The normalized spacial score (nSPS) is 53.5. The minimum atomic E-state index is -1.67. The summed E-state index contributed by atoms with van der Waals surface area (Å²) in [6.07, 6.45) is -8.56. The topological polar surface area (TPSA) is 245 Å². The summed E-state index contributed by atoms with van der Waals surface area (Å²) in [7, 11) is 0. The van der Waals surface area contributed by atoms with Crippen molar-refractivity contribution >= 4 is 5.97 Å². The molecule has 15 heteroatoms. The number of carbonyl (C=O) groups is 1. The number of ether oxygens (including phenoxy) is 5. The fraction of sp³-hybridized carbons (Fsp3) is 0.857. The first-order valence-electron chi connectivity index (χ1n) is 17.9. The van der Waals surface area contributed by atoms with Gasteiger partial charge in [0.15, 0.2) is 12.6 Å². The van der Waals surface area contributed by atoms with E-state index in [4.69, 9.17) is 23.7 Å². The molecule has 0 bridgehead atoms. The molecule has 3 heterocycles. The van der Waals surface area contributed by atoms with Gasteiger partial charge in [0.25, 0.3) is 0 Å². The summed E-state index contributed by atoms with van der Waals surface area (Å²) < 4.78 is 28.2. The summed E-state index contributed by atoms with van der Waals surface area (Å²) in [5.74, 6) is -0.804. The highest BCUT2D eigenvalue weighted by molar-refractivity contribution is 5.85. The fourth-order valence-corrected chi connectivity index (χ4v) is 10.8. The third-order valence-corrected chi connectivity index (χ3v) is 13.6. The zero-order valence-corrected chi connectivity index (χ0v) is 28.4. The van der Waals surface area contributed by atoms with E-state index in [0.717, 1.165) is 11.1 Å². The zero-order valence-electron chi connectivity index (χ0n) is 28.4. The average molecular weight is 713 g/mol. The van der Waals surface area contributed by atoms with Crippen molar-refractivity contribution in [3.63, 3.8) is 0 Å². The summed E-state index contributed by atoms with van der Waals surface area (Å²) in [5, 5.41) is 96.3. The number of aliphatic hydroxyl groups is 9. The van der Waals surface area contributed by atoms with Gasteiger partial charge in [-0.15, -0.1) is 0 Å². The van der Waals surface area contributed by atoms with Crippen molar-refractivity contribution in [1.29, 1.82) is 0 Å². The molecular weight excluding hydrogens is 660 g/mol. The first kappa shape index (κ1) is 36.8. The number of carbonyl (C=O) groups excluding carboxylic acids is 1. The van der Waals surface area contributed by atoms with Crippen LogP contribution in [-0.4, -0.2) is 151 Å². The Balaban J connectivity index is 1.02. The van der Waals surface area contributed by atoms with E-state index in [1.165, 1.54) is 0 Å². The highest BCUT2D eigenvalue weighted by Gasteiger charge is 2.69. The Morgan fingerprint density at radius 2 is 1.56 bits per heavy atom. The van der Waals surface area contributed by atoms with Gasteiger partial charge in [0.1, 0.15) is 55.4 Å². The number of rotatable bonds is 7. The van der Waals surface area contributed by atoms with Crippen LogP contribution in [0.25, 0.3) is 0 Å². The molecule has 5 fully saturated rings. The Labute approximate surface area is 290 Å². The molecule has 15 nitrogen and oxygen atoms in total. The average Bonchev–Trinajstić information content (AvgIpc) is 3.63. The van der Waals surface area contributed by atoms with Crippen LogP contribution >= 0.6 is 0 Å². The van der Waals surface area contributed by atoms with Crippen LogP contribution in [0.1, 0.15) is 58.8 Å². The SMILES string of the molecule is C[C@]12CC[C@H](O[C@@H]3O[C@H](CO[C@@H]4O[C@H](CO)[C@@H](O)[C@H](O)[C@H]4O)[C@H](O)[C@H](O)[C@H]3O)CC1=CC[C@@H]1[C@@H]2[C@H](O)C[C@]2(C)[C@@H](C3=CC(=O)OC3)CC[C@]12O. The number of cyclic esters (lactones) is 1. The van der Waals surface area contributed by atoms with Gasteiger partial charge in [0.2, 0.25) is 0 Å². The second-order valence-electron chi connectivity index (χ2n) is 16.1. The van der Waals surface area contributed by atoms with Gasteiger partial charge < -0.3 is 69.6 Å². The van der Waals surface area contributed by atoms with Gasteiger partial charge in [-0.2, -0.15) is 0 Å². The molecule has 0 aromatic carbocycles. The first-order valence-corrected chi connectivity index (χ1v) is 17.9. The number of allylic oxidation sites excluding steroid dienone is 1. The molecular formula is C35H52O15. The number of esters is 1. The molecule has 18 atom stereocenters. The van der Waals surface area contributed by atoms with Gasteiger partial charge in [-0.25, -0.2) is 4.79 Å². The number of hydrogen-bond donors (Lipinski definition) is 9. The van der Waals surface area contributed by atoms with E-state index in [2.05, 4.69) is 13.0 Å². The zero-order chi connectivity index (χ0) is 35.9. The highest BCUT2D eigenvalue weighted by atomic mass is 16.7. The van der Waals surface area contributed by atoms with Crippen molar-refractivity contribution in [2.24, 2.45) is 28.6 Å². The Morgan fingerprint density at radius 3 is 2.24 bits per heavy atom. The van der Waals surface area contributed by atoms with E-state index in [1.54, 1.807) is 6.08 Å². The van der Waals surface area contributed by atoms with Crippen LogP contribution in [-0.2, 0) is 28.5 Å². The van der Waals surface area contributed by atoms with Crippen molar-refractivity contribution in [3.8, 4) is 0 Å². The van der Waals surface area contributed by atoms with E-state index < -0.39 is 103 Å². The summed E-state index contributed by atoms with van der Waals surface area (Å²) in [6.45, 7) is 3.31. The lowest BCUT2D eigenvalue weighted by Crippen LogP contribution is -2.65. The van der Waals surface area contributed by atoms with Crippen molar-refractivity contribution in [1.82, 2.24) is 0 Å². The summed E-state index contributed by atoms with van der Waals surface area (Å²) >= 11 is 0. The molecule has 50 heavy (non-hydrogen) atoms. The third-order valence-electron chi connectivity index (χ3n) is 13.6. The predicted molar refractivity (Wildman–Crippen MR) is 168 cm³/mol. The van der Waals surface area contributed by atoms with Gasteiger partial charge >= 0.3 is 5.97 Å². The maximum absolute atomic E-state index is 12.5. The molecule has 4 aliphatic carbocycles. The molecule has 9 N–H and O–H groups in total. The molecule has 0 aromatic rings. The molecule has 0 amide bonds. The highest BCUT2D eigenvalue weighted by Crippen LogP contribution is 2.69. The lowest BCUT2D eigenvalue weighted by molar-refractivity contribution is -0.336. The van der Waals surface area contributed by atoms with Crippen molar-refractivity contribution in [2.75, 3.05) is 19.8 Å². The molecule has 0 aromatic heterocycles. The van der Waals surface area contributed by atoms with Crippen LogP contribution in [0.3, 0.4) is 0 Å². The molecule has 3 aliphatic heterocycles. The maximum atomic E-state index is 12.5. The quantitative estimate of drug-likeness (QED) is 0.104. The van der Waals surface area contributed by atoms with E-state index in [0.29, 0.717) is 44.9 Å². The molecule has 0 spiro atoms. The van der Waals surface area contributed by atoms with Crippen LogP contribution in [0.4, 0.5) is 0 Å². The van der Waals surface area contributed by atoms with Crippen LogP contribution in [0.5, 0.6) is 0 Å². The second-order valence-corrected chi connectivity index (χ2v) is 16.1. The largest absolute Gasteiger partial charge is 0.458 e. The molecule has 3 saturated carbocycles. The monoisotopic (exact) mass is 712 g/mol. The number of hydrogen-bond acceptors (Lipinski definition) is 15. The molecule has 0 radical (unpaired) electrons. The Bertz CT molecular complexity index is 1350. The second kappa shape index (κ2) is 13.4. The smallest absolute Gasteiger partial charge is 0.331 e. The van der Waals surface area contributed by atoms with E-state index in [9.17, 15) is 50.8 Å². The summed E-state index contributed by atoms with van der Waals surface area (Å²) in [5.41, 5.74) is -0.0924. The Kier molecular flexibility index (Phi) is 9.84. The first-order chi connectivity index (χ1) is 23.6. The minimum Gasteiger partial charge on any atom is -0.458 e. The van der Waals surface area contributed by atoms with E-state index in [1.807, 2.05) is 6.92 Å². The van der Waals surface area contributed by atoms with Gasteiger partial charge in [0, 0.05) is 11.5 Å². The Morgan fingerprint density at radius 1 is 0.880 bits per heavy atom. The third kappa shape index (κ3) is 5.72. The van der Waals surface area contributed by atoms with E-state index >= 15 is 0 Å². The van der Waals surface area contributed by atoms with Gasteiger partial charge in [-0.1, -0.05) is 25.5 Å². The van der Waals surface area contributed by atoms with Gasteiger partial charge in [-0.3, -0.25) is 0 Å². The maximum Gasteiger partial charge on any atom is 0.331 e. The van der Waals surface area contributed by atoms with Gasteiger partial charge in [0.05, 0.1) is 31.0 Å². The number of fused-ring (bicyclic) bond motifs is 5. The molecule has 0 unspecified atom stereocenters. The molecule has 2 saturated heterocycles. The molecule has 282 valence electrons. The lowest BCUT2D eigenvalue weighted by atomic mass is 9.44. The predicted octanol–water partition coefficient (Wildman–Crippen LogP) is -1.86. The summed E-state index contributed by atoms with van der Waals surface area (Å²) in [6, 6.07) is 0. The molecule has 7 rings (SSSR count). The minimum absolute atomic E-state index is 0.0564. The lowest BCUT2D eigenvalue weighted by Gasteiger charge is -2.63. The standard InChI is InChI=1S/C35H52O15/c1-33-7-5-17(48-32-30(44)28(42)26(40)22(50-32)14-47-31-29(43)27(41)25(39)21(12-36)49-31)10-16(33)3-4-19-24(33)20(37)11-34(2)18(6-8-35(19,34)45)15-9-23(38)46-13-15/h3,9,17-22,24-32,36-37,39-45H,4-8,10-14H2,1-2H3/t17-,18+,19+,20+,21+,22+,24+,25+,26-,27-,28-,29+,30+,31+,32+,33-,34+,35-/m0/s1.